The van der Waals surface area contributed by atoms with E-state index in [0.717, 1.165) is 5.88 Å². The number of aromatic nitrogens is 1. The van der Waals surface area contributed by atoms with Gasteiger partial charge in [-0.1, -0.05) is 20.8 Å². The maximum Gasteiger partial charge on any atom is 0.231 e. The Balaban J connectivity index is 2.90. The van der Waals surface area contributed by atoms with E-state index in [1.807, 2.05) is 12.3 Å². The highest BCUT2D eigenvalue weighted by molar-refractivity contribution is 6.49. The predicted molar refractivity (Wildman–Crippen MR) is 62.4 cm³/mol. The molecule has 0 atom stereocenters. The molecule has 3 heteroatoms. The molecule has 0 spiro atoms. The molecule has 1 aromatic rings. The molecule has 0 radical (unpaired) electrons. The first kappa shape index (κ1) is 11.2. The number of hydrogen-bond donors (Lipinski definition) is 0. The van der Waals surface area contributed by atoms with Crippen LogP contribution in [-0.4, -0.2) is 14.0 Å². The number of pyridine rings is 1. The third kappa shape index (κ3) is 3.14. The van der Waals surface area contributed by atoms with Crippen molar-refractivity contribution in [3.63, 3.8) is 0 Å². The van der Waals surface area contributed by atoms with Crippen LogP contribution in [0.1, 0.15) is 26.3 Å². The van der Waals surface area contributed by atoms with Crippen molar-refractivity contribution in [1.29, 1.82) is 0 Å². The van der Waals surface area contributed by atoms with Crippen molar-refractivity contribution in [3.8, 4) is 5.88 Å². The van der Waals surface area contributed by atoms with Gasteiger partial charge in [-0.2, -0.15) is 0 Å². The third-order valence-corrected chi connectivity index (χ3v) is 2.67. The van der Waals surface area contributed by atoms with Crippen molar-refractivity contribution in [3.05, 3.63) is 23.9 Å². The second-order valence-electron chi connectivity index (χ2n) is 4.80. The lowest BCUT2D eigenvalue weighted by Gasteiger charge is -2.19. The molecule has 0 amide bonds. The second-order valence-corrected chi connectivity index (χ2v) is 7.13. The Morgan fingerprint density at radius 2 is 1.93 bits per heavy atom. The summed E-state index contributed by atoms with van der Waals surface area (Å²) in [5, 5.41) is 0. The van der Waals surface area contributed by atoms with E-state index in [4.69, 9.17) is 4.43 Å². The number of rotatable bonds is 2. The first-order chi connectivity index (χ1) is 6.39. The van der Waals surface area contributed by atoms with Crippen LogP contribution < -0.4 is 4.43 Å². The summed E-state index contributed by atoms with van der Waals surface area (Å²) in [6.07, 6.45) is 1.83. The smallest absolute Gasteiger partial charge is 0.231 e. The molecule has 0 saturated heterocycles. The van der Waals surface area contributed by atoms with Crippen molar-refractivity contribution in [2.24, 2.45) is 0 Å². The topological polar surface area (TPSA) is 22.1 Å². The van der Waals surface area contributed by atoms with E-state index in [2.05, 4.69) is 44.9 Å². The van der Waals surface area contributed by atoms with Gasteiger partial charge >= 0.3 is 0 Å². The van der Waals surface area contributed by atoms with Crippen molar-refractivity contribution in [2.75, 3.05) is 0 Å². The minimum Gasteiger partial charge on any atom is -0.534 e. The average molecular weight is 209 g/mol. The van der Waals surface area contributed by atoms with Crippen LogP contribution in [0.4, 0.5) is 0 Å². The molecular formula is C11H19NOSi. The van der Waals surface area contributed by atoms with Gasteiger partial charge in [-0.3, -0.25) is 0 Å². The van der Waals surface area contributed by atoms with Gasteiger partial charge in [-0.05, 0) is 30.1 Å². The van der Waals surface area contributed by atoms with Gasteiger partial charge in [0.1, 0.15) is 0 Å². The van der Waals surface area contributed by atoms with Gasteiger partial charge in [0.2, 0.25) is 9.04 Å². The summed E-state index contributed by atoms with van der Waals surface area (Å²) in [6.45, 7) is 10.9. The summed E-state index contributed by atoms with van der Waals surface area (Å²) in [5.74, 6) is 0.777. The standard InChI is InChI=1S/C11H19NOSi/c1-11(2,3)9-6-7-12-10(8-9)13-14(4)5/h6-8,14H,1-5H3. The van der Waals surface area contributed by atoms with Crippen molar-refractivity contribution < 1.29 is 4.43 Å². The Bertz CT molecular complexity index is 304. The molecule has 0 bridgehead atoms. The minimum atomic E-state index is -1.03. The van der Waals surface area contributed by atoms with Gasteiger partial charge in [0.25, 0.3) is 0 Å². The molecule has 0 fully saturated rings. The van der Waals surface area contributed by atoms with Crippen molar-refractivity contribution in [2.45, 2.75) is 39.3 Å². The molecule has 0 aromatic carbocycles. The molecule has 1 heterocycles. The van der Waals surface area contributed by atoms with Gasteiger partial charge in [0.15, 0.2) is 5.88 Å². The summed E-state index contributed by atoms with van der Waals surface area (Å²) < 4.78 is 5.68. The molecule has 0 aliphatic carbocycles. The highest BCUT2D eigenvalue weighted by Gasteiger charge is 2.14. The fraction of sp³-hybridized carbons (Fsp3) is 0.545. The Morgan fingerprint density at radius 3 is 2.43 bits per heavy atom. The Hall–Kier alpha value is -0.833. The predicted octanol–water partition coefficient (Wildman–Crippen LogP) is 2.74. The van der Waals surface area contributed by atoms with Crippen molar-refractivity contribution in [1.82, 2.24) is 4.98 Å². The molecule has 0 aliphatic rings. The van der Waals surface area contributed by atoms with Gasteiger partial charge < -0.3 is 4.43 Å². The van der Waals surface area contributed by atoms with Crippen LogP contribution in [0.5, 0.6) is 5.88 Å². The molecule has 14 heavy (non-hydrogen) atoms. The second kappa shape index (κ2) is 4.13. The largest absolute Gasteiger partial charge is 0.534 e. The zero-order valence-electron chi connectivity index (χ0n) is 9.66. The summed E-state index contributed by atoms with van der Waals surface area (Å²) in [6, 6.07) is 4.10. The highest BCUT2D eigenvalue weighted by atomic mass is 28.3. The zero-order valence-corrected chi connectivity index (χ0v) is 10.8. The molecule has 1 rings (SSSR count). The Kier molecular flexibility index (Phi) is 3.32. The van der Waals surface area contributed by atoms with Crippen LogP contribution in [0.25, 0.3) is 0 Å². The Labute approximate surface area is 88.1 Å². The maximum atomic E-state index is 5.68. The summed E-state index contributed by atoms with van der Waals surface area (Å²) >= 11 is 0. The van der Waals surface area contributed by atoms with Crippen LogP contribution in [0.2, 0.25) is 13.1 Å². The van der Waals surface area contributed by atoms with Crippen LogP contribution in [0, 0.1) is 0 Å². The third-order valence-electron chi connectivity index (χ3n) is 1.96. The van der Waals surface area contributed by atoms with E-state index in [9.17, 15) is 0 Å². The molecule has 1 aromatic heterocycles. The fourth-order valence-corrected chi connectivity index (χ4v) is 1.79. The maximum absolute atomic E-state index is 5.68. The van der Waals surface area contributed by atoms with E-state index in [0.29, 0.717) is 0 Å². The fourth-order valence-electron chi connectivity index (χ4n) is 1.18. The SMILES string of the molecule is C[SiH](C)Oc1cc(C(C)(C)C)ccn1. The molecule has 78 valence electrons. The molecule has 0 N–H and O–H groups in total. The quantitative estimate of drug-likeness (QED) is 0.699. The van der Waals surface area contributed by atoms with E-state index in [1.165, 1.54) is 5.56 Å². The van der Waals surface area contributed by atoms with Gasteiger partial charge in [0.05, 0.1) is 0 Å². The molecule has 0 aliphatic heterocycles. The first-order valence-electron chi connectivity index (χ1n) is 5.03. The minimum absolute atomic E-state index is 0.166. The van der Waals surface area contributed by atoms with E-state index < -0.39 is 9.04 Å². The van der Waals surface area contributed by atoms with Crippen LogP contribution in [0.3, 0.4) is 0 Å². The van der Waals surface area contributed by atoms with E-state index >= 15 is 0 Å². The number of nitrogens with zero attached hydrogens (tertiary/aromatic N) is 1. The van der Waals surface area contributed by atoms with Gasteiger partial charge in [-0.15, -0.1) is 0 Å². The first-order valence-corrected chi connectivity index (χ1v) is 7.81. The highest BCUT2D eigenvalue weighted by Crippen LogP contribution is 2.24. The lowest BCUT2D eigenvalue weighted by atomic mass is 9.88. The summed E-state index contributed by atoms with van der Waals surface area (Å²) in [7, 11) is -1.03. The lowest BCUT2D eigenvalue weighted by Crippen LogP contribution is -2.15. The van der Waals surface area contributed by atoms with E-state index in [-0.39, 0.29) is 5.41 Å². The molecule has 0 saturated carbocycles. The van der Waals surface area contributed by atoms with Gasteiger partial charge in [-0.25, -0.2) is 4.98 Å². The normalized spacial score (nSPS) is 11.9. The van der Waals surface area contributed by atoms with Crippen LogP contribution >= 0.6 is 0 Å². The number of hydrogen-bond acceptors (Lipinski definition) is 2. The van der Waals surface area contributed by atoms with Gasteiger partial charge in [0, 0.05) is 12.3 Å². The lowest BCUT2D eigenvalue weighted by molar-refractivity contribution is 0.540. The molecule has 2 nitrogen and oxygen atoms in total. The molecular weight excluding hydrogens is 190 g/mol. The van der Waals surface area contributed by atoms with E-state index in [1.54, 1.807) is 0 Å². The van der Waals surface area contributed by atoms with Crippen LogP contribution in [0.15, 0.2) is 18.3 Å². The monoisotopic (exact) mass is 209 g/mol. The summed E-state index contributed by atoms with van der Waals surface area (Å²) in [5.41, 5.74) is 1.44. The average Bonchev–Trinajstić information content (AvgIpc) is 2.01. The molecule has 0 unspecified atom stereocenters. The zero-order chi connectivity index (χ0) is 10.8. The summed E-state index contributed by atoms with van der Waals surface area (Å²) in [4.78, 5) is 4.21. The Morgan fingerprint density at radius 1 is 1.29 bits per heavy atom. The van der Waals surface area contributed by atoms with Crippen LogP contribution in [-0.2, 0) is 5.41 Å². The van der Waals surface area contributed by atoms with Crippen molar-refractivity contribution >= 4 is 9.04 Å².